The van der Waals surface area contributed by atoms with Crippen LogP contribution in [0.4, 0.5) is 0 Å². The summed E-state index contributed by atoms with van der Waals surface area (Å²) in [4.78, 5) is 1.40. The third-order valence-electron chi connectivity index (χ3n) is 1.75. The van der Waals surface area contributed by atoms with Crippen LogP contribution in [0.3, 0.4) is 0 Å². The Morgan fingerprint density at radius 3 is 2.46 bits per heavy atom. The minimum absolute atomic E-state index is 0.106. The first kappa shape index (κ1) is 10.2. The summed E-state index contributed by atoms with van der Waals surface area (Å²) in [7, 11) is -3.75. The van der Waals surface area contributed by atoms with Gasteiger partial charge in [-0.05, 0) is 31.0 Å². The van der Waals surface area contributed by atoms with Gasteiger partial charge in [0.05, 0.1) is 4.90 Å². The maximum Gasteiger partial charge on any atom is 0.262 e. The summed E-state index contributed by atoms with van der Waals surface area (Å²) in [6.07, 6.45) is 0. The Morgan fingerprint density at radius 2 is 1.92 bits per heavy atom. The van der Waals surface area contributed by atoms with Crippen molar-refractivity contribution in [1.82, 2.24) is 4.89 Å². The minimum Gasteiger partial charge on any atom is -0.302 e. The van der Waals surface area contributed by atoms with Gasteiger partial charge >= 0.3 is 0 Å². The quantitative estimate of drug-likeness (QED) is 0.701. The number of aryl methyl sites for hydroxylation is 2. The van der Waals surface area contributed by atoms with Crippen molar-refractivity contribution in [2.45, 2.75) is 18.7 Å². The molecule has 0 unspecified atom stereocenters. The second kappa shape index (κ2) is 3.45. The molecule has 0 amide bonds. The van der Waals surface area contributed by atoms with E-state index in [1.807, 2.05) is 6.07 Å². The Bertz CT molecular complexity index is 411. The molecule has 13 heavy (non-hydrogen) atoms. The number of benzene rings is 1. The Morgan fingerprint density at radius 1 is 1.31 bits per heavy atom. The molecule has 4 nitrogen and oxygen atoms in total. The number of hydrogen-bond acceptors (Lipinski definition) is 3. The summed E-state index contributed by atoms with van der Waals surface area (Å²) in [5.41, 5.74) is 1.44. The topological polar surface area (TPSA) is 66.4 Å². The van der Waals surface area contributed by atoms with Gasteiger partial charge in [-0.3, -0.25) is 0 Å². The predicted molar refractivity (Wildman–Crippen MR) is 48.0 cm³/mol. The molecule has 0 heterocycles. The normalized spacial score (nSPS) is 11.6. The lowest BCUT2D eigenvalue weighted by molar-refractivity contribution is 0.242. The van der Waals surface area contributed by atoms with E-state index < -0.39 is 10.0 Å². The van der Waals surface area contributed by atoms with Crippen molar-refractivity contribution in [1.29, 1.82) is 0 Å². The summed E-state index contributed by atoms with van der Waals surface area (Å²) in [5, 5.41) is 8.42. The Balaban J connectivity index is 3.38. The molecule has 0 atom stereocenters. The van der Waals surface area contributed by atoms with E-state index in [9.17, 15) is 8.42 Å². The zero-order chi connectivity index (χ0) is 10.1. The molecule has 0 bridgehead atoms. The van der Waals surface area contributed by atoms with Crippen LogP contribution in [-0.2, 0) is 10.0 Å². The van der Waals surface area contributed by atoms with E-state index in [-0.39, 0.29) is 4.90 Å². The summed E-state index contributed by atoms with van der Waals surface area (Å²) < 4.78 is 22.4. The van der Waals surface area contributed by atoms with Gasteiger partial charge in [-0.1, -0.05) is 17.0 Å². The summed E-state index contributed by atoms with van der Waals surface area (Å²) >= 11 is 0. The average molecular weight is 201 g/mol. The highest BCUT2D eigenvalue weighted by molar-refractivity contribution is 7.89. The molecule has 5 heteroatoms. The zero-order valence-electron chi connectivity index (χ0n) is 7.40. The van der Waals surface area contributed by atoms with Gasteiger partial charge in [-0.2, -0.15) is 0 Å². The highest BCUT2D eigenvalue weighted by Crippen LogP contribution is 2.15. The number of nitrogens with one attached hydrogen (secondary N) is 1. The number of hydrogen-bond donors (Lipinski definition) is 2. The fourth-order valence-electron chi connectivity index (χ4n) is 1.05. The first-order valence-corrected chi connectivity index (χ1v) is 5.19. The minimum atomic E-state index is -3.75. The van der Waals surface area contributed by atoms with Crippen LogP contribution in [0.5, 0.6) is 0 Å². The van der Waals surface area contributed by atoms with Gasteiger partial charge in [-0.15, -0.1) is 0 Å². The summed E-state index contributed by atoms with van der Waals surface area (Å²) in [6.45, 7) is 3.46. The van der Waals surface area contributed by atoms with Crippen LogP contribution in [0.15, 0.2) is 23.1 Å². The van der Waals surface area contributed by atoms with Crippen LogP contribution < -0.4 is 4.89 Å². The summed E-state index contributed by atoms with van der Waals surface area (Å²) in [5.74, 6) is 0. The first-order valence-electron chi connectivity index (χ1n) is 3.70. The van der Waals surface area contributed by atoms with Crippen LogP contribution in [0.1, 0.15) is 11.1 Å². The van der Waals surface area contributed by atoms with E-state index in [4.69, 9.17) is 5.21 Å². The molecule has 0 spiro atoms. The monoisotopic (exact) mass is 201 g/mol. The van der Waals surface area contributed by atoms with Gasteiger partial charge in [0, 0.05) is 0 Å². The molecule has 0 fully saturated rings. The maximum atomic E-state index is 11.2. The van der Waals surface area contributed by atoms with Crippen LogP contribution in [-0.4, -0.2) is 13.6 Å². The molecule has 0 aliphatic carbocycles. The van der Waals surface area contributed by atoms with Crippen LogP contribution in [0.2, 0.25) is 0 Å². The first-order chi connectivity index (χ1) is 5.97. The standard InChI is InChI=1S/C8H11NO3S/c1-6-3-4-7(2)8(5-6)13(11,12)9-10/h3-5,9-10H,1-2H3. The molecule has 0 aromatic heterocycles. The molecule has 2 N–H and O–H groups in total. The predicted octanol–water partition coefficient (Wildman–Crippen LogP) is 0.971. The van der Waals surface area contributed by atoms with E-state index in [2.05, 4.69) is 0 Å². The molecule has 1 rings (SSSR count). The van der Waals surface area contributed by atoms with Crippen LogP contribution >= 0.6 is 0 Å². The lowest BCUT2D eigenvalue weighted by atomic mass is 10.2. The van der Waals surface area contributed by atoms with Gasteiger partial charge in [0.15, 0.2) is 0 Å². The van der Waals surface area contributed by atoms with Crippen LogP contribution in [0.25, 0.3) is 0 Å². The van der Waals surface area contributed by atoms with Gasteiger partial charge in [-0.25, -0.2) is 8.42 Å². The van der Waals surface area contributed by atoms with E-state index in [0.717, 1.165) is 5.56 Å². The molecule has 0 aliphatic heterocycles. The summed E-state index contributed by atoms with van der Waals surface area (Å²) in [6, 6.07) is 5.01. The Kier molecular flexibility index (Phi) is 2.70. The van der Waals surface area contributed by atoms with Crippen molar-refractivity contribution in [3.8, 4) is 0 Å². The van der Waals surface area contributed by atoms with E-state index in [1.54, 1.807) is 19.9 Å². The molecule has 0 saturated carbocycles. The molecule has 0 saturated heterocycles. The molecule has 72 valence electrons. The van der Waals surface area contributed by atoms with E-state index in [0.29, 0.717) is 5.56 Å². The van der Waals surface area contributed by atoms with Gasteiger partial charge in [0.1, 0.15) is 0 Å². The van der Waals surface area contributed by atoms with Crippen molar-refractivity contribution in [3.05, 3.63) is 29.3 Å². The van der Waals surface area contributed by atoms with E-state index in [1.165, 1.54) is 11.0 Å². The molecule has 0 radical (unpaired) electrons. The molecular weight excluding hydrogens is 190 g/mol. The smallest absolute Gasteiger partial charge is 0.262 e. The highest BCUT2D eigenvalue weighted by Gasteiger charge is 2.14. The number of sulfonamides is 1. The highest BCUT2D eigenvalue weighted by atomic mass is 32.2. The van der Waals surface area contributed by atoms with Gasteiger partial charge in [0.2, 0.25) is 0 Å². The Hall–Kier alpha value is -0.910. The van der Waals surface area contributed by atoms with Crippen molar-refractivity contribution in [3.63, 3.8) is 0 Å². The number of rotatable bonds is 2. The lowest BCUT2D eigenvalue weighted by Crippen LogP contribution is -2.20. The molecule has 1 aromatic rings. The van der Waals surface area contributed by atoms with Gasteiger partial charge < -0.3 is 5.21 Å². The second-order valence-electron chi connectivity index (χ2n) is 2.86. The fourth-order valence-corrected chi connectivity index (χ4v) is 1.98. The van der Waals surface area contributed by atoms with Crippen molar-refractivity contribution < 1.29 is 13.6 Å². The largest absolute Gasteiger partial charge is 0.302 e. The third kappa shape index (κ3) is 2.06. The van der Waals surface area contributed by atoms with E-state index >= 15 is 0 Å². The molecule has 0 aliphatic rings. The zero-order valence-corrected chi connectivity index (χ0v) is 8.22. The SMILES string of the molecule is Cc1ccc(C)c(S(=O)(=O)NO)c1. The average Bonchev–Trinajstić information content (AvgIpc) is 2.09. The third-order valence-corrected chi connectivity index (χ3v) is 3.01. The molecular formula is C8H11NO3S. The Labute approximate surface area is 77.2 Å². The van der Waals surface area contributed by atoms with Gasteiger partial charge in [0.25, 0.3) is 10.0 Å². The maximum absolute atomic E-state index is 11.2. The van der Waals surface area contributed by atoms with Crippen molar-refractivity contribution in [2.75, 3.05) is 0 Å². The van der Waals surface area contributed by atoms with Crippen LogP contribution in [0, 0.1) is 13.8 Å². The second-order valence-corrected chi connectivity index (χ2v) is 4.49. The fraction of sp³-hybridized carbons (Fsp3) is 0.250. The van der Waals surface area contributed by atoms with Crippen molar-refractivity contribution >= 4 is 10.0 Å². The van der Waals surface area contributed by atoms with Crippen molar-refractivity contribution in [2.24, 2.45) is 0 Å². The lowest BCUT2D eigenvalue weighted by Gasteiger charge is -2.05. The molecule has 1 aromatic carbocycles.